The first-order chi connectivity index (χ1) is 11.5. The van der Waals surface area contributed by atoms with Gasteiger partial charge in [-0.1, -0.05) is 22.0 Å². The van der Waals surface area contributed by atoms with E-state index in [1.54, 1.807) is 4.90 Å². The number of esters is 1. The van der Waals surface area contributed by atoms with E-state index >= 15 is 0 Å². The summed E-state index contributed by atoms with van der Waals surface area (Å²) in [7, 11) is 1.85. The molecule has 0 fully saturated rings. The van der Waals surface area contributed by atoms with E-state index in [9.17, 15) is 9.59 Å². The van der Waals surface area contributed by atoms with Crippen molar-refractivity contribution in [2.24, 2.45) is 0 Å². The normalized spacial score (nSPS) is 13.0. The minimum Gasteiger partial charge on any atom is -0.461 e. The Labute approximate surface area is 148 Å². The Bertz CT molecular complexity index is 820. The first-order valence-corrected chi connectivity index (χ1v) is 8.34. The third-order valence-electron chi connectivity index (χ3n) is 4.00. The summed E-state index contributed by atoms with van der Waals surface area (Å²) in [4.78, 5) is 25.6. The van der Waals surface area contributed by atoms with Crippen molar-refractivity contribution < 1.29 is 14.3 Å². The summed E-state index contributed by atoms with van der Waals surface area (Å²) in [5.74, 6) is -0.402. The molecule has 0 aliphatic carbocycles. The summed E-state index contributed by atoms with van der Waals surface area (Å²) in [6.07, 6.45) is 0. The van der Waals surface area contributed by atoms with Gasteiger partial charge in [-0.15, -0.1) is 0 Å². The Balaban J connectivity index is 1.97. The molecule has 6 heteroatoms. The van der Waals surface area contributed by atoms with Crippen LogP contribution >= 0.6 is 15.9 Å². The van der Waals surface area contributed by atoms with Crippen LogP contribution < -0.4 is 10.2 Å². The van der Waals surface area contributed by atoms with Crippen molar-refractivity contribution in [3.05, 3.63) is 57.6 Å². The van der Waals surface area contributed by atoms with Crippen molar-refractivity contribution in [3.63, 3.8) is 0 Å². The van der Waals surface area contributed by atoms with Gasteiger partial charge in [0.2, 0.25) is 0 Å². The van der Waals surface area contributed by atoms with E-state index in [0.29, 0.717) is 12.1 Å². The molecule has 1 amide bonds. The second-order valence-electron chi connectivity index (χ2n) is 5.53. The largest absolute Gasteiger partial charge is 0.461 e. The highest BCUT2D eigenvalue weighted by atomic mass is 79.9. The summed E-state index contributed by atoms with van der Waals surface area (Å²) in [6, 6.07) is 11.3. The minimum atomic E-state index is -0.355. The lowest BCUT2D eigenvalue weighted by Crippen LogP contribution is -2.24. The lowest BCUT2D eigenvalue weighted by Gasteiger charge is -2.20. The van der Waals surface area contributed by atoms with Crippen LogP contribution in [0.3, 0.4) is 0 Å². The number of nitrogens with zero attached hydrogens (tertiary/aromatic N) is 1. The van der Waals surface area contributed by atoms with Crippen LogP contribution in [0.25, 0.3) is 0 Å². The van der Waals surface area contributed by atoms with Crippen LogP contribution in [0, 0.1) is 0 Å². The topological polar surface area (TPSA) is 58.6 Å². The maximum Gasteiger partial charge on any atom is 0.302 e. The highest BCUT2D eigenvalue weighted by Crippen LogP contribution is 2.35. The summed E-state index contributed by atoms with van der Waals surface area (Å²) >= 11 is 3.48. The zero-order valence-electron chi connectivity index (χ0n) is 13.4. The number of carbonyl (C=O) groups is 2. The first kappa shape index (κ1) is 16.5. The van der Waals surface area contributed by atoms with E-state index in [0.717, 1.165) is 27.0 Å². The maximum absolute atomic E-state index is 12.8. The standard InChI is InChI=1S/C18H17BrN2O3/c1-11(22)24-10-15-16(19)4-3-5-17(15)21-9-12-8-13(20-2)6-7-14(12)18(21)23/h3-8,20H,9-10H2,1-2H3. The second kappa shape index (κ2) is 6.65. The number of carbonyl (C=O) groups excluding carboxylic acids is 2. The molecule has 3 rings (SSSR count). The average molecular weight is 389 g/mol. The Kier molecular flexibility index (Phi) is 4.57. The molecule has 0 saturated heterocycles. The Morgan fingerprint density at radius 1 is 1.33 bits per heavy atom. The number of hydrogen-bond acceptors (Lipinski definition) is 4. The number of rotatable bonds is 4. The molecule has 1 aliphatic rings. The molecule has 0 saturated carbocycles. The van der Waals surface area contributed by atoms with Crippen LogP contribution in [0.1, 0.15) is 28.4 Å². The number of nitrogens with one attached hydrogen (secondary N) is 1. The van der Waals surface area contributed by atoms with E-state index in [1.807, 2.05) is 43.4 Å². The van der Waals surface area contributed by atoms with Gasteiger partial charge in [0.05, 0.1) is 12.2 Å². The lowest BCUT2D eigenvalue weighted by atomic mass is 10.1. The van der Waals surface area contributed by atoms with Gasteiger partial charge in [-0.2, -0.15) is 0 Å². The average Bonchev–Trinajstić information content (AvgIpc) is 2.89. The zero-order chi connectivity index (χ0) is 17.3. The second-order valence-corrected chi connectivity index (χ2v) is 6.39. The van der Waals surface area contributed by atoms with Gasteiger partial charge >= 0.3 is 5.97 Å². The van der Waals surface area contributed by atoms with Crippen molar-refractivity contribution in [1.82, 2.24) is 0 Å². The number of ether oxygens (including phenoxy) is 1. The fourth-order valence-corrected chi connectivity index (χ4v) is 3.26. The minimum absolute atomic E-state index is 0.0465. The van der Waals surface area contributed by atoms with Gasteiger partial charge in [0.1, 0.15) is 6.61 Å². The molecule has 24 heavy (non-hydrogen) atoms. The number of fused-ring (bicyclic) bond motifs is 1. The highest BCUT2D eigenvalue weighted by Gasteiger charge is 2.30. The molecule has 0 unspecified atom stereocenters. The molecule has 1 heterocycles. The number of anilines is 2. The molecule has 0 radical (unpaired) electrons. The molecular weight excluding hydrogens is 372 g/mol. The van der Waals surface area contributed by atoms with E-state index in [4.69, 9.17) is 4.74 Å². The predicted molar refractivity (Wildman–Crippen MR) is 96.1 cm³/mol. The van der Waals surface area contributed by atoms with E-state index < -0.39 is 0 Å². The third-order valence-corrected chi connectivity index (χ3v) is 4.75. The van der Waals surface area contributed by atoms with Crippen LogP contribution in [0.4, 0.5) is 11.4 Å². The quantitative estimate of drug-likeness (QED) is 0.810. The van der Waals surface area contributed by atoms with Crippen LogP contribution in [0.5, 0.6) is 0 Å². The highest BCUT2D eigenvalue weighted by molar-refractivity contribution is 9.10. The number of halogens is 1. The molecule has 5 nitrogen and oxygen atoms in total. The monoisotopic (exact) mass is 388 g/mol. The first-order valence-electron chi connectivity index (χ1n) is 7.54. The molecular formula is C18H17BrN2O3. The van der Waals surface area contributed by atoms with Gasteiger partial charge in [-0.25, -0.2) is 0 Å². The summed E-state index contributed by atoms with van der Waals surface area (Å²) in [5, 5.41) is 3.08. The number of hydrogen-bond donors (Lipinski definition) is 1. The van der Waals surface area contributed by atoms with E-state index in [1.165, 1.54) is 6.92 Å². The van der Waals surface area contributed by atoms with Gasteiger partial charge < -0.3 is 15.0 Å². The zero-order valence-corrected chi connectivity index (χ0v) is 15.0. The maximum atomic E-state index is 12.8. The van der Waals surface area contributed by atoms with Crippen LogP contribution in [0.2, 0.25) is 0 Å². The molecule has 0 atom stereocenters. The van der Waals surface area contributed by atoms with Crippen molar-refractivity contribution >= 4 is 39.2 Å². The Morgan fingerprint density at radius 2 is 2.12 bits per heavy atom. The van der Waals surface area contributed by atoms with Gasteiger partial charge in [0.25, 0.3) is 5.91 Å². The molecule has 1 N–H and O–H groups in total. The number of benzene rings is 2. The van der Waals surface area contributed by atoms with E-state index in [-0.39, 0.29) is 18.5 Å². The van der Waals surface area contributed by atoms with Crippen molar-refractivity contribution in [2.75, 3.05) is 17.3 Å². The van der Waals surface area contributed by atoms with Gasteiger partial charge in [-0.3, -0.25) is 9.59 Å². The van der Waals surface area contributed by atoms with Gasteiger partial charge in [0.15, 0.2) is 0 Å². The summed E-state index contributed by atoms with van der Waals surface area (Å²) in [5.41, 5.74) is 4.18. The SMILES string of the molecule is CNc1ccc2c(c1)CN(c1cccc(Br)c1COC(C)=O)C2=O. The third kappa shape index (κ3) is 3.01. The molecule has 0 spiro atoms. The van der Waals surface area contributed by atoms with Gasteiger partial charge in [-0.05, 0) is 35.9 Å². The molecule has 124 valence electrons. The summed E-state index contributed by atoms with van der Waals surface area (Å²) in [6.45, 7) is 1.98. The Morgan fingerprint density at radius 3 is 2.83 bits per heavy atom. The number of amides is 1. The fourth-order valence-electron chi connectivity index (χ4n) is 2.79. The van der Waals surface area contributed by atoms with Crippen molar-refractivity contribution in [3.8, 4) is 0 Å². The molecule has 0 bridgehead atoms. The molecule has 2 aromatic rings. The van der Waals surface area contributed by atoms with Crippen molar-refractivity contribution in [2.45, 2.75) is 20.1 Å². The van der Waals surface area contributed by atoms with Gasteiger partial charge in [0, 0.05) is 35.3 Å². The summed E-state index contributed by atoms with van der Waals surface area (Å²) < 4.78 is 5.95. The molecule has 1 aliphatic heterocycles. The lowest BCUT2D eigenvalue weighted by molar-refractivity contribution is -0.142. The van der Waals surface area contributed by atoms with E-state index in [2.05, 4.69) is 21.2 Å². The predicted octanol–water partition coefficient (Wildman–Crippen LogP) is 3.71. The van der Waals surface area contributed by atoms with Crippen LogP contribution in [-0.4, -0.2) is 18.9 Å². The van der Waals surface area contributed by atoms with Crippen LogP contribution in [0.15, 0.2) is 40.9 Å². The van der Waals surface area contributed by atoms with Crippen molar-refractivity contribution in [1.29, 1.82) is 0 Å². The smallest absolute Gasteiger partial charge is 0.302 e. The molecule has 2 aromatic carbocycles. The Hall–Kier alpha value is -2.34. The molecule has 0 aromatic heterocycles. The fraction of sp³-hybridized carbons (Fsp3) is 0.222. The van der Waals surface area contributed by atoms with Crippen LogP contribution in [-0.2, 0) is 22.7 Å².